The molecule has 0 unspecified atom stereocenters. The van der Waals surface area contributed by atoms with Gasteiger partial charge in [-0.05, 0) is 41.8 Å². The number of alkyl halides is 1. The molecule has 0 aromatic heterocycles. The van der Waals surface area contributed by atoms with Crippen LogP contribution in [0.1, 0.15) is 6.42 Å². The molecule has 94 valence electrons. The van der Waals surface area contributed by atoms with Gasteiger partial charge in [-0.3, -0.25) is 0 Å². The van der Waals surface area contributed by atoms with Crippen LogP contribution in [0.15, 0.2) is 48.5 Å². The van der Waals surface area contributed by atoms with E-state index in [9.17, 15) is 0 Å². The van der Waals surface area contributed by atoms with E-state index >= 15 is 0 Å². The van der Waals surface area contributed by atoms with E-state index in [4.69, 9.17) is 27.9 Å². The van der Waals surface area contributed by atoms with Crippen LogP contribution in [0, 0.1) is 0 Å². The SMILES string of the molecule is ClCCCOc1cccc(-c2ccc(Cl)cc2)c1. The Kier molecular flexibility index (Phi) is 4.91. The fourth-order valence-corrected chi connectivity index (χ4v) is 1.89. The number of benzene rings is 2. The summed E-state index contributed by atoms with van der Waals surface area (Å²) in [5.74, 6) is 1.49. The smallest absolute Gasteiger partial charge is 0.119 e. The van der Waals surface area contributed by atoms with Crippen molar-refractivity contribution in [2.24, 2.45) is 0 Å². The van der Waals surface area contributed by atoms with Gasteiger partial charge >= 0.3 is 0 Å². The second-order valence-corrected chi connectivity index (χ2v) is 4.74. The minimum Gasteiger partial charge on any atom is -0.494 e. The van der Waals surface area contributed by atoms with Gasteiger partial charge in [0.15, 0.2) is 0 Å². The van der Waals surface area contributed by atoms with E-state index in [0.29, 0.717) is 12.5 Å². The zero-order valence-corrected chi connectivity index (χ0v) is 11.4. The summed E-state index contributed by atoms with van der Waals surface area (Å²) in [5, 5.41) is 0.744. The van der Waals surface area contributed by atoms with Crippen molar-refractivity contribution >= 4 is 23.2 Å². The monoisotopic (exact) mass is 280 g/mol. The van der Waals surface area contributed by atoms with Crippen molar-refractivity contribution in [3.05, 3.63) is 53.6 Å². The molecule has 0 amide bonds. The van der Waals surface area contributed by atoms with Gasteiger partial charge in [0.1, 0.15) is 5.75 Å². The summed E-state index contributed by atoms with van der Waals surface area (Å²) < 4.78 is 5.62. The maximum absolute atomic E-state index is 5.88. The topological polar surface area (TPSA) is 9.23 Å². The molecule has 2 aromatic carbocycles. The molecule has 3 heteroatoms. The molecule has 0 fully saturated rings. The fourth-order valence-electron chi connectivity index (χ4n) is 1.65. The summed E-state index contributed by atoms with van der Waals surface area (Å²) >= 11 is 11.5. The highest BCUT2D eigenvalue weighted by Gasteiger charge is 2.00. The molecule has 0 aliphatic carbocycles. The third-order valence-corrected chi connectivity index (χ3v) is 3.08. The van der Waals surface area contributed by atoms with Crippen LogP contribution in [0.5, 0.6) is 5.75 Å². The number of hydrogen-bond acceptors (Lipinski definition) is 1. The van der Waals surface area contributed by atoms with Gasteiger partial charge in [0.05, 0.1) is 6.61 Å². The Morgan fingerprint density at radius 2 is 1.72 bits per heavy atom. The predicted octanol–water partition coefficient (Wildman–Crippen LogP) is 5.01. The number of ether oxygens (including phenoxy) is 1. The first-order valence-corrected chi connectivity index (χ1v) is 6.75. The molecule has 0 bridgehead atoms. The molecule has 2 aromatic rings. The average molecular weight is 281 g/mol. The van der Waals surface area contributed by atoms with E-state index < -0.39 is 0 Å². The molecule has 0 saturated carbocycles. The van der Waals surface area contributed by atoms with Crippen LogP contribution in [0.2, 0.25) is 5.02 Å². The van der Waals surface area contributed by atoms with Gasteiger partial charge in [-0.2, -0.15) is 0 Å². The summed E-state index contributed by atoms with van der Waals surface area (Å²) in [5.41, 5.74) is 2.25. The second kappa shape index (κ2) is 6.67. The molecule has 0 aliphatic rings. The molecular formula is C15H14Cl2O. The fraction of sp³-hybridized carbons (Fsp3) is 0.200. The molecule has 0 saturated heterocycles. The maximum atomic E-state index is 5.88. The van der Waals surface area contributed by atoms with Crippen LogP contribution in [0.4, 0.5) is 0 Å². The van der Waals surface area contributed by atoms with E-state index in [1.807, 2.05) is 42.5 Å². The molecule has 0 aliphatic heterocycles. The Hall–Kier alpha value is -1.18. The van der Waals surface area contributed by atoms with Crippen molar-refractivity contribution in [2.75, 3.05) is 12.5 Å². The quantitative estimate of drug-likeness (QED) is 0.552. The summed E-state index contributed by atoms with van der Waals surface area (Å²) in [6.07, 6.45) is 0.854. The second-order valence-electron chi connectivity index (χ2n) is 3.93. The van der Waals surface area contributed by atoms with Crippen molar-refractivity contribution in [1.29, 1.82) is 0 Å². The average Bonchev–Trinajstić information content (AvgIpc) is 2.40. The summed E-state index contributed by atoms with van der Waals surface area (Å²) in [6, 6.07) is 15.8. The highest BCUT2D eigenvalue weighted by atomic mass is 35.5. The van der Waals surface area contributed by atoms with Crippen LogP contribution in [-0.2, 0) is 0 Å². The Bertz CT molecular complexity index is 494. The largest absolute Gasteiger partial charge is 0.494 e. The van der Waals surface area contributed by atoms with Gasteiger partial charge in [0.2, 0.25) is 0 Å². The van der Waals surface area contributed by atoms with E-state index in [1.165, 1.54) is 0 Å². The van der Waals surface area contributed by atoms with E-state index in [2.05, 4.69) is 6.07 Å². The van der Waals surface area contributed by atoms with Gasteiger partial charge in [-0.15, -0.1) is 11.6 Å². The van der Waals surface area contributed by atoms with E-state index in [0.717, 1.165) is 28.3 Å². The molecule has 1 nitrogen and oxygen atoms in total. The Labute approximate surface area is 117 Å². The van der Waals surface area contributed by atoms with E-state index in [-0.39, 0.29) is 0 Å². The molecular weight excluding hydrogens is 267 g/mol. The van der Waals surface area contributed by atoms with Crippen molar-refractivity contribution < 1.29 is 4.74 Å². The highest BCUT2D eigenvalue weighted by Crippen LogP contribution is 2.25. The lowest BCUT2D eigenvalue weighted by atomic mass is 10.1. The molecule has 0 spiro atoms. The van der Waals surface area contributed by atoms with Crippen molar-refractivity contribution in [3.63, 3.8) is 0 Å². The normalized spacial score (nSPS) is 10.3. The summed E-state index contributed by atoms with van der Waals surface area (Å²) in [4.78, 5) is 0. The van der Waals surface area contributed by atoms with Crippen LogP contribution < -0.4 is 4.74 Å². The zero-order valence-electron chi connectivity index (χ0n) is 9.90. The molecule has 0 N–H and O–H groups in total. The molecule has 0 atom stereocenters. The zero-order chi connectivity index (χ0) is 12.8. The van der Waals surface area contributed by atoms with Gasteiger partial charge in [0.25, 0.3) is 0 Å². The highest BCUT2D eigenvalue weighted by molar-refractivity contribution is 6.30. The first-order valence-electron chi connectivity index (χ1n) is 5.84. The van der Waals surface area contributed by atoms with Crippen LogP contribution in [0.25, 0.3) is 11.1 Å². The van der Waals surface area contributed by atoms with Crippen LogP contribution in [0.3, 0.4) is 0 Å². The standard InChI is InChI=1S/C15H14Cl2O/c16-9-2-10-18-15-4-1-3-13(11-15)12-5-7-14(17)8-6-12/h1,3-8,11H,2,9-10H2. The van der Waals surface area contributed by atoms with Gasteiger partial charge in [-0.25, -0.2) is 0 Å². The lowest BCUT2D eigenvalue weighted by Crippen LogP contribution is -1.97. The minimum absolute atomic E-state index is 0.622. The lowest BCUT2D eigenvalue weighted by Gasteiger charge is -2.07. The number of hydrogen-bond donors (Lipinski definition) is 0. The van der Waals surface area contributed by atoms with Gasteiger partial charge in [0, 0.05) is 10.9 Å². The minimum atomic E-state index is 0.622. The summed E-state index contributed by atoms with van der Waals surface area (Å²) in [7, 11) is 0. The first-order chi connectivity index (χ1) is 8.79. The molecule has 0 radical (unpaired) electrons. The van der Waals surface area contributed by atoms with Crippen LogP contribution >= 0.6 is 23.2 Å². The third-order valence-electron chi connectivity index (χ3n) is 2.56. The Morgan fingerprint density at radius 3 is 2.44 bits per heavy atom. The van der Waals surface area contributed by atoms with Crippen LogP contribution in [-0.4, -0.2) is 12.5 Å². The van der Waals surface area contributed by atoms with Crippen molar-refractivity contribution in [1.82, 2.24) is 0 Å². The molecule has 0 heterocycles. The Balaban J connectivity index is 2.13. The predicted molar refractivity (Wildman–Crippen MR) is 77.7 cm³/mol. The number of halogens is 2. The molecule has 18 heavy (non-hydrogen) atoms. The van der Waals surface area contributed by atoms with Gasteiger partial charge < -0.3 is 4.74 Å². The van der Waals surface area contributed by atoms with Crippen molar-refractivity contribution in [2.45, 2.75) is 6.42 Å². The molecule has 2 rings (SSSR count). The first kappa shape index (κ1) is 13.3. The van der Waals surface area contributed by atoms with E-state index in [1.54, 1.807) is 0 Å². The summed E-state index contributed by atoms with van der Waals surface area (Å²) in [6.45, 7) is 0.646. The third kappa shape index (κ3) is 3.66. The van der Waals surface area contributed by atoms with Crippen molar-refractivity contribution in [3.8, 4) is 16.9 Å². The Morgan fingerprint density at radius 1 is 0.944 bits per heavy atom. The number of rotatable bonds is 5. The lowest BCUT2D eigenvalue weighted by molar-refractivity contribution is 0.318. The maximum Gasteiger partial charge on any atom is 0.119 e. The van der Waals surface area contributed by atoms with Gasteiger partial charge in [-0.1, -0.05) is 35.9 Å².